The number of benzene rings is 2. The normalized spacial score (nSPS) is 12.7. The fraction of sp³-hybridized carbons (Fsp3) is 0.261. The number of ether oxygens (including phenoxy) is 3. The van der Waals surface area contributed by atoms with E-state index in [-0.39, 0.29) is 11.8 Å². The number of amides is 2. The summed E-state index contributed by atoms with van der Waals surface area (Å²) in [6.07, 6.45) is 3.62. The summed E-state index contributed by atoms with van der Waals surface area (Å²) in [5.41, 5.74) is 1.95. The van der Waals surface area contributed by atoms with Crippen molar-refractivity contribution >= 4 is 28.8 Å². The average molecular weight is 454 g/mol. The molecule has 9 heteroatoms. The van der Waals surface area contributed by atoms with Crippen LogP contribution in [-0.4, -0.2) is 44.2 Å². The van der Waals surface area contributed by atoms with E-state index in [0.29, 0.717) is 44.4 Å². The Morgan fingerprint density at radius 3 is 2.19 bits per heavy atom. The summed E-state index contributed by atoms with van der Waals surface area (Å²) >= 11 is 1.26. The van der Waals surface area contributed by atoms with Gasteiger partial charge in [0.15, 0.2) is 11.5 Å². The maximum atomic E-state index is 12.8. The van der Waals surface area contributed by atoms with Crippen molar-refractivity contribution in [1.29, 1.82) is 0 Å². The molecule has 2 amide bonds. The highest BCUT2D eigenvalue weighted by atomic mass is 32.1. The van der Waals surface area contributed by atoms with Crippen LogP contribution in [0.2, 0.25) is 0 Å². The minimum Gasteiger partial charge on any atom is -0.493 e. The SMILES string of the molecule is COc1cc(NC(=O)c2cnc(-c3ccc(C(=O)NC4CC4)cc3)s2)cc(OC)c1OC. The van der Waals surface area contributed by atoms with Gasteiger partial charge in [0.05, 0.1) is 27.5 Å². The van der Waals surface area contributed by atoms with Gasteiger partial charge in [-0.2, -0.15) is 0 Å². The minimum atomic E-state index is -0.302. The Bertz CT molecular complexity index is 1110. The molecule has 166 valence electrons. The Hall–Kier alpha value is -3.59. The maximum absolute atomic E-state index is 12.8. The molecule has 32 heavy (non-hydrogen) atoms. The van der Waals surface area contributed by atoms with Crippen molar-refractivity contribution in [1.82, 2.24) is 10.3 Å². The molecule has 1 aliphatic carbocycles. The molecule has 2 N–H and O–H groups in total. The Balaban J connectivity index is 1.47. The molecule has 0 aliphatic heterocycles. The van der Waals surface area contributed by atoms with Crippen molar-refractivity contribution < 1.29 is 23.8 Å². The van der Waals surface area contributed by atoms with Crippen molar-refractivity contribution in [3.05, 3.63) is 53.0 Å². The molecule has 0 atom stereocenters. The Kier molecular flexibility index (Phi) is 6.27. The molecule has 2 aromatic carbocycles. The van der Waals surface area contributed by atoms with Gasteiger partial charge in [0.2, 0.25) is 5.75 Å². The molecule has 1 aromatic heterocycles. The number of aromatic nitrogens is 1. The molecule has 1 heterocycles. The molecular weight excluding hydrogens is 430 g/mol. The van der Waals surface area contributed by atoms with Crippen LogP contribution in [0.3, 0.4) is 0 Å². The topological polar surface area (TPSA) is 98.8 Å². The van der Waals surface area contributed by atoms with E-state index in [2.05, 4.69) is 15.6 Å². The quantitative estimate of drug-likeness (QED) is 0.535. The molecule has 1 fully saturated rings. The van der Waals surface area contributed by atoms with Gasteiger partial charge >= 0.3 is 0 Å². The second kappa shape index (κ2) is 9.27. The fourth-order valence-corrected chi connectivity index (χ4v) is 3.94. The first-order valence-electron chi connectivity index (χ1n) is 10.0. The van der Waals surface area contributed by atoms with Crippen molar-refractivity contribution in [2.24, 2.45) is 0 Å². The molecule has 0 spiro atoms. The Labute approximate surface area is 189 Å². The highest BCUT2D eigenvalue weighted by molar-refractivity contribution is 7.17. The summed E-state index contributed by atoms with van der Waals surface area (Å²) in [5.74, 6) is 0.963. The van der Waals surface area contributed by atoms with Gasteiger partial charge in [-0.15, -0.1) is 11.3 Å². The first-order valence-corrected chi connectivity index (χ1v) is 10.8. The van der Waals surface area contributed by atoms with Crippen LogP contribution >= 0.6 is 11.3 Å². The van der Waals surface area contributed by atoms with E-state index in [1.807, 2.05) is 12.1 Å². The van der Waals surface area contributed by atoms with Crippen LogP contribution in [0.15, 0.2) is 42.6 Å². The van der Waals surface area contributed by atoms with Gasteiger partial charge in [0.25, 0.3) is 11.8 Å². The fourth-order valence-electron chi connectivity index (χ4n) is 3.12. The molecule has 3 aromatic rings. The molecular formula is C23H23N3O5S. The number of thiazole rings is 1. The van der Waals surface area contributed by atoms with Crippen molar-refractivity contribution in [3.63, 3.8) is 0 Å². The summed E-state index contributed by atoms with van der Waals surface area (Å²) in [6.45, 7) is 0. The monoisotopic (exact) mass is 453 g/mol. The molecule has 1 aliphatic rings. The number of hydrogen-bond acceptors (Lipinski definition) is 7. The van der Waals surface area contributed by atoms with Gasteiger partial charge < -0.3 is 24.8 Å². The predicted octanol–water partition coefficient (Wildman–Crippen LogP) is 3.98. The third-order valence-electron chi connectivity index (χ3n) is 4.96. The highest BCUT2D eigenvalue weighted by Crippen LogP contribution is 2.40. The number of carbonyl (C=O) groups excluding carboxylic acids is 2. The lowest BCUT2D eigenvalue weighted by Crippen LogP contribution is -2.25. The summed E-state index contributed by atoms with van der Waals surface area (Å²) in [5, 5.41) is 6.49. The minimum absolute atomic E-state index is 0.0661. The first-order chi connectivity index (χ1) is 15.5. The molecule has 1 saturated carbocycles. The van der Waals surface area contributed by atoms with E-state index in [1.54, 1.807) is 24.3 Å². The lowest BCUT2D eigenvalue weighted by atomic mass is 10.1. The lowest BCUT2D eigenvalue weighted by Gasteiger charge is -2.14. The zero-order valence-corrected chi connectivity index (χ0v) is 18.7. The van der Waals surface area contributed by atoms with Gasteiger partial charge in [-0.1, -0.05) is 12.1 Å². The summed E-state index contributed by atoms with van der Waals surface area (Å²) in [7, 11) is 4.54. The molecule has 4 rings (SSSR count). The first kappa shape index (κ1) is 21.6. The molecule has 0 radical (unpaired) electrons. The molecule has 8 nitrogen and oxygen atoms in total. The van der Waals surface area contributed by atoms with E-state index < -0.39 is 0 Å². The van der Waals surface area contributed by atoms with Crippen LogP contribution in [0, 0.1) is 0 Å². The Morgan fingerprint density at radius 1 is 0.969 bits per heavy atom. The van der Waals surface area contributed by atoms with Crippen LogP contribution in [0.1, 0.15) is 32.9 Å². The van der Waals surface area contributed by atoms with Crippen molar-refractivity contribution in [3.8, 4) is 27.8 Å². The number of methoxy groups -OCH3 is 3. The van der Waals surface area contributed by atoms with Gasteiger partial charge in [0, 0.05) is 35.0 Å². The van der Waals surface area contributed by atoms with Gasteiger partial charge in [0.1, 0.15) is 9.88 Å². The number of rotatable bonds is 8. The molecule has 0 bridgehead atoms. The van der Waals surface area contributed by atoms with Crippen molar-refractivity contribution in [2.45, 2.75) is 18.9 Å². The van der Waals surface area contributed by atoms with Crippen molar-refractivity contribution in [2.75, 3.05) is 26.6 Å². The van der Waals surface area contributed by atoms with E-state index in [1.165, 1.54) is 38.9 Å². The van der Waals surface area contributed by atoms with Crippen LogP contribution < -0.4 is 24.8 Å². The number of hydrogen-bond donors (Lipinski definition) is 2. The van der Waals surface area contributed by atoms with Gasteiger partial charge in [-0.3, -0.25) is 9.59 Å². The molecule has 0 unspecified atom stereocenters. The van der Waals surface area contributed by atoms with Gasteiger partial charge in [-0.05, 0) is 25.0 Å². The summed E-state index contributed by atoms with van der Waals surface area (Å²) < 4.78 is 16.0. The zero-order valence-electron chi connectivity index (χ0n) is 17.9. The third kappa shape index (κ3) is 4.67. The maximum Gasteiger partial charge on any atom is 0.267 e. The van der Waals surface area contributed by atoms with E-state index in [0.717, 1.165) is 18.4 Å². The Morgan fingerprint density at radius 2 is 1.62 bits per heavy atom. The van der Waals surface area contributed by atoms with Crippen LogP contribution in [0.4, 0.5) is 5.69 Å². The zero-order chi connectivity index (χ0) is 22.7. The smallest absolute Gasteiger partial charge is 0.267 e. The largest absolute Gasteiger partial charge is 0.493 e. The third-order valence-corrected chi connectivity index (χ3v) is 6.00. The van der Waals surface area contributed by atoms with Crippen LogP contribution in [0.25, 0.3) is 10.6 Å². The van der Waals surface area contributed by atoms with Crippen LogP contribution in [0.5, 0.6) is 17.2 Å². The second-order valence-corrected chi connectivity index (χ2v) is 8.25. The average Bonchev–Trinajstić information content (AvgIpc) is 3.49. The second-order valence-electron chi connectivity index (χ2n) is 7.22. The van der Waals surface area contributed by atoms with E-state index >= 15 is 0 Å². The standard InChI is InChI=1S/C23H23N3O5S/c1-29-17-10-16(11-18(30-2)20(17)31-3)26-22(28)19-12-24-23(32-19)14-6-4-13(5-7-14)21(27)25-15-8-9-15/h4-7,10-12,15H,8-9H2,1-3H3,(H,25,27)(H,26,28). The number of anilines is 1. The number of nitrogens with zero attached hydrogens (tertiary/aromatic N) is 1. The molecule has 0 saturated heterocycles. The number of carbonyl (C=O) groups is 2. The van der Waals surface area contributed by atoms with Gasteiger partial charge in [-0.25, -0.2) is 4.98 Å². The number of nitrogens with one attached hydrogen (secondary N) is 2. The van der Waals surface area contributed by atoms with E-state index in [4.69, 9.17) is 14.2 Å². The highest BCUT2D eigenvalue weighted by Gasteiger charge is 2.23. The summed E-state index contributed by atoms with van der Waals surface area (Å²) in [4.78, 5) is 29.7. The summed E-state index contributed by atoms with van der Waals surface area (Å²) in [6, 6.07) is 10.8. The predicted molar refractivity (Wildman–Crippen MR) is 122 cm³/mol. The lowest BCUT2D eigenvalue weighted by molar-refractivity contribution is 0.0950. The van der Waals surface area contributed by atoms with Crippen LogP contribution in [-0.2, 0) is 0 Å². The van der Waals surface area contributed by atoms with E-state index in [9.17, 15) is 9.59 Å².